The Bertz CT molecular complexity index is 1230. The minimum atomic E-state index is -0.845. The predicted molar refractivity (Wildman–Crippen MR) is 143 cm³/mol. The summed E-state index contributed by atoms with van der Waals surface area (Å²) in [7, 11) is 4.52. The van der Waals surface area contributed by atoms with Gasteiger partial charge in [0.05, 0.1) is 32.9 Å². The molecular formula is C29H36N2O7. The molecule has 1 N–H and O–H groups in total. The molecule has 1 saturated heterocycles. The van der Waals surface area contributed by atoms with Crippen LogP contribution >= 0.6 is 0 Å². The fourth-order valence-electron chi connectivity index (χ4n) is 5.23. The van der Waals surface area contributed by atoms with E-state index in [2.05, 4.69) is 4.90 Å². The first-order valence-electron chi connectivity index (χ1n) is 12.9. The number of hydrogen-bond donors (Lipinski definition) is 1. The van der Waals surface area contributed by atoms with Crippen LogP contribution in [0.2, 0.25) is 0 Å². The number of fused-ring (bicyclic) bond motifs is 1. The predicted octanol–water partition coefficient (Wildman–Crippen LogP) is 3.80. The molecule has 1 amide bonds. The zero-order valence-corrected chi connectivity index (χ0v) is 22.9. The van der Waals surface area contributed by atoms with Gasteiger partial charge >= 0.3 is 0 Å². The first-order chi connectivity index (χ1) is 18.3. The van der Waals surface area contributed by atoms with Crippen molar-refractivity contribution in [1.82, 2.24) is 9.80 Å². The van der Waals surface area contributed by atoms with Crippen LogP contribution in [0.1, 0.15) is 43.5 Å². The number of hydrogen-bond acceptors (Lipinski definition) is 8. The molecule has 204 valence electrons. The minimum absolute atomic E-state index is 0.0238. The lowest BCUT2D eigenvalue weighted by molar-refractivity contribution is -0.140. The molecule has 2 aliphatic heterocycles. The van der Waals surface area contributed by atoms with Crippen LogP contribution in [0.4, 0.5) is 0 Å². The summed E-state index contributed by atoms with van der Waals surface area (Å²) in [5.41, 5.74) is 2.00. The third kappa shape index (κ3) is 4.90. The van der Waals surface area contributed by atoms with Crippen molar-refractivity contribution in [3.63, 3.8) is 0 Å². The first kappa shape index (κ1) is 27.3. The maximum absolute atomic E-state index is 13.5. The van der Waals surface area contributed by atoms with Crippen LogP contribution < -0.4 is 18.9 Å². The average Bonchev–Trinajstić information content (AvgIpc) is 3.43. The molecule has 0 saturated carbocycles. The van der Waals surface area contributed by atoms with E-state index >= 15 is 0 Å². The largest absolute Gasteiger partial charge is 0.507 e. The Balaban J connectivity index is 1.87. The average molecular weight is 525 g/mol. The van der Waals surface area contributed by atoms with Crippen molar-refractivity contribution in [3.05, 3.63) is 52.6 Å². The molecule has 0 aromatic heterocycles. The Morgan fingerprint density at radius 2 is 1.71 bits per heavy atom. The molecule has 9 nitrogen and oxygen atoms in total. The minimum Gasteiger partial charge on any atom is -0.507 e. The Hall–Kier alpha value is -3.72. The number of Topliss-reactive ketones (excluding diaryl/α,β-unsaturated/α-hetero) is 1. The van der Waals surface area contributed by atoms with Gasteiger partial charge in [0.25, 0.3) is 11.7 Å². The molecule has 9 heteroatoms. The number of likely N-dealkylation sites (N-methyl/N-ethyl adjacent to an activating group) is 1. The summed E-state index contributed by atoms with van der Waals surface area (Å²) in [4.78, 5) is 30.6. The highest BCUT2D eigenvalue weighted by Crippen LogP contribution is 2.46. The topological polar surface area (TPSA) is 97.8 Å². The third-order valence-corrected chi connectivity index (χ3v) is 7.26. The number of amides is 1. The molecule has 0 aliphatic carbocycles. The number of aliphatic hydroxyl groups is 1. The highest BCUT2D eigenvalue weighted by molar-refractivity contribution is 6.46. The summed E-state index contributed by atoms with van der Waals surface area (Å²) in [5.74, 6) is 0.317. The van der Waals surface area contributed by atoms with Gasteiger partial charge in [0, 0.05) is 25.1 Å². The van der Waals surface area contributed by atoms with Gasteiger partial charge in [0.15, 0.2) is 11.5 Å². The van der Waals surface area contributed by atoms with E-state index in [4.69, 9.17) is 18.9 Å². The maximum atomic E-state index is 13.5. The Morgan fingerprint density at radius 1 is 1.05 bits per heavy atom. The highest BCUT2D eigenvalue weighted by Gasteiger charge is 2.46. The number of ketones is 1. The lowest BCUT2D eigenvalue weighted by Gasteiger charge is -2.29. The second-order valence-electron chi connectivity index (χ2n) is 9.43. The van der Waals surface area contributed by atoms with Crippen molar-refractivity contribution in [2.75, 3.05) is 47.5 Å². The van der Waals surface area contributed by atoms with E-state index in [1.165, 1.54) is 26.2 Å². The van der Waals surface area contributed by atoms with Crippen molar-refractivity contribution in [2.45, 2.75) is 39.3 Å². The van der Waals surface area contributed by atoms with E-state index in [9.17, 15) is 14.7 Å². The van der Waals surface area contributed by atoms with E-state index < -0.39 is 17.7 Å². The fraction of sp³-hybridized carbons (Fsp3) is 0.448. The number of carbonyl (C=O) groups is 2. The number of ether oxygens (including phenoxy) is 4. The molecule has 1 fully saturated rings. The normalized spacial score (nSPS) is 20.0. The Labute approximate surface area is 223 Å². The van der Waals surface area contributed by atoms with Gasteiger partial charge in [0.1, 0.15) is 17.6 Å². The lowest BCUT2D eigenvalue weighted by atomic mass is 9.94. The number of rotatable bonds is 10. The van der Waals surface area contributed by atoms with Gasteiger partial charge in [-0.2, -0.15) is 0 Å². The molecule has 0 bridgehead atoms. The van der Waals surface area contributed by atoms with Crippen LogP contribution in [-0.4, -0.2) is 80.2 Å². The number of methoxy groups -OCH3 is 3. The molecule has 2 heterocycles. The van der Waals surface area contributed by atoms with Crippen molar-refractivity contribution >= 4 is 17.4 Å². The molecule has 0 radical (unpaired) electrons. The van der Waals surface area contributed by atoms with Gasteiger partial charge in [-0.3, -0.25) is 9.59 Å². The van der Waals surface area contributed by atoms with Gasteiger partial charge in [0.2, 0.25) is 5.75 Å². The van der Waals surface area contributed by atoms with Crippen LogP contribution in [0.5, 0.6) is 23.0 Å². The summed E-state index contributed by atoms with van der Waals surface area (Å²) >= 11 is 0. The summed E-state index contributed by atoms with van der Waals surface area (Å²) < 4.78 is 22.4. The molecular weight excluding hydrogens is 488 g/mol. The molecule has 2 aliphatic rings. The van der Waals surface area contributed by atoms with Gasteiger partial charge in [-0.1, -0.05) is 13.8 Å². The monoisotopic (exact) mass is 524 g/mol. The van der Waals surface area contributed by atoms with Crippen LogP contribution in [0.25, 0.3) is 5.76 Å². The van der Waals surface area contributed by atoms with Crippen molar-refractivity contribution in [2.24, 2.45) is 0 Å². The lowest BCUT2D eigenvalue weighted by Crippen LogP contribution is -2.38. The Kier molecular flexibility index (Phi) is 8.16. The summed E-state index contributed by atoms with van der Waals surface area (Å²) in [6.45, 7) is 8.58. The van der Waals surface area contributed by atoms with E-state index in [0.29, 0.717) is 47.9 Å². The van der Waals surface area contributed by atoms with Crippen molar-refractivity contribution < 1.29 is 33.6 Å². The molecule has 2 aromatic carbocycles. The summed E-state index contributed by atoms with van der Waals surface area (Å²) in [6, 6.07) is 7.91. The number of nitrogens with zero attached hydrogens (tertiary/aromatic N) is 2. The number of carbonyl (C=O) groups excluding carboxylic acids is 2. The second-order valence-corrected chi connectivity index (χ2v) is 9.43. The zero-order chi connectivity index (χ0) is 27.6. The molecule has 4 rings (SSSR count). The quantitative estimate of drug-likeness (QED) is 0.285. The van der Waals surface area contributed by atoms with Crippen molar-refractivity contribution in [3.8, 4) is 23.0 Å². The first-order valence-corrected chi connectivity index (χ1v) is 12.9. The van der Waals surface area contributed by atoms with Gasteiger partial charge < -0.3 is 33.9 Å². The standard InChI is InChI=1S/C29H36N2O7/c1-7-30(8-2)11-12-31-25(20-15-22(35-4)28(37-6)23(16-20)36-5)24(27(33)29(31)34)26(32)18-9-10-21-19(14-18)13-17(3)38-21/h9-10,14-17,25,32H,7-8,11-13H2,1-6H3/t17-,25+/m0/s1. The fourth-order valence-corrected chi connectivity index (χ4v) is 5.23. The Morgan fingerprint density at radius 3 is 2.29 bits per heavy atom. The number of aliphatic hydroxyl groups excluding tert-OH is 1. The molecule has 38 heavy (non-hydrogen) atoms. The smallest absolute Gasteiger partial charge is 0.295 e. The second kappa shape index (κ2) is 11.3. The SMILES string of the molecule is CCN(CC)CCN1C(=O)C(=O)C(=C(O)c2ccc3c(c2)C[C@H](C)O3)[C@H]1c1cc(OC)c(OC)c(OC)c1. The van der Waals surface area contributed by atoms with Crippen molar-refractivity contribution in [1.29, 1.82) is 0 Å². The molecule has 2 aromatic rings. The molecule has 2 atom stereocenters. The van der Waals surface area contributed by atoms with Crippen LogP contribution in [0.3, 0.4) is 0 Å². The van der Waals surface area contributed by atoms with E-state index in [1.807, 2.05) is 26.8 Å². The summed E-state index contributed by atoms with van der Waals surface area (Å²) in [6.07, 6.45) is 0.734. The zero-order valence-electron chi connectivity index (χ0n) is 22.9. The molecule has 0 spiro atoms. The highest BCUT2D eigenvalue weighted by atomic mass is 16.5. The van der Waals surface area contributed by atoms with Gasteiger partial charge in [-0.15, -0.1) is 0 Å². The van der Waals surface area contributed by atoms with Gasteiger partial charge in [-0.05, 0) is 61.5 Å². The number of benzene rings is 2. The van der Waals surface area contributed by atoms with E-state index in [0.717, 1.165) is 24.4 Å². The van der Waals surface area contributed by atoms with E-state index in [-0.39, 0.29) is 17.4 Å². The number of likely N-dealkylation sites (tertiary alicyclic amines) is 1. The van der Waals surface area contributed by atoms with Crippen LogP contribution in [0, 0.1) is 0 Å². The maximum Gasteiger partial charge on any atom is 0.295 e. The van der Waals surface area contributed by atoms with E-state index in [1.54, 1.807) is 24.3 Å². The summed E-state index contributed by atoms with van der Waals surface area (Å²) in [5, 5.41) is 11.5. The van der Waals surface area contributed by atoms with Crippen LogP contribution in [-0.2, 0) is 16.0 Å². The van der Waals surface area contributed by atoms with Gasteiger partial charge in [-0.25, -0.2) is 0 Å². The molecule has 0 unspecified atom stereocenters. The van der Waals surface area contributed by atoms with Crippen LogP contribution in [0.15, 0.2) is 35.9 Å². The third-order valence-electron chi connectivity index (χ3n) is 7.26.